The summed E-state index contributed by atoms with van der Waals surface area (Å²) in [6.07, 6.45) is 1.48. The number of oxazole rings is 1. The Morgan fingerprint density at radius 2 is 1.03 bits per heavy atom. The molecule has 0 aliphatic rings. The molecule has 0 spiro atoms. The average Bonchev–Trinajstić information content (AvgIpc) is 3.50. The Morgan fingerprint density at radius 1 is 0.469 bits per heavy atom. The Morgan fingerprint density at radius 3 is 1.75 bits per heavy atom. The van der Waals surface area contributed by atoms with Crippen molar-refractivity contribution in [2.75, 3.05) is 0 Å². The van der Waals surface area contributed by atoms with Crippen LogP contribution in [0, 0.1) is 0 Å². The fourth-order valence-electron chi connectivity index (χ4n) is 4.22. The van der Waals surface area contributed by atoms with Crippen molar-refractivity contribution in [1.82, 2.24) is 4.98 Å². The maximum absolute atomic E-state index is 6.59. The predicted octanol–water partition coefficient (Wildman–Crippen LogP) is 8.09. The smallest absolute Gasteiger partial charge is 0.198 e. The number of furan rings is 1. The van der Waals surface area contributed by atoms with E-state index in [2.05, 4.69) is 59.6 Å². The largest absolute Gasteiger partial charge is 0.451 e. The molecule has 3 nitrogen and oxygen atoms in total. The van der Waals surface area contributed by atoms with Crippen molar-refractivity contribution in [2.45, 2.75) is 0 Å². The third-order valence-corrected chi connectivity index (χ3v) is 5.70. The standard InChI is InChI=1S/C29H19NO2/c1-3-11-20(12-4-1)22-15-7-8-16-23(22)27-24-17-9-10-18-25(24)28(32-27)29-26(30-19-31-29)21-13-5-2-6-14-21/h1-19H. The van der Waals surface area contributed by atoms with E-state index in [0.717, 1.165) is 44.5 Å². The van der Waals surface area contributed by atoms with Gasteiger partial charge in [-0.3, -0.25) is 0 Å². The van der Waals surface area contributed by atoms with E-state index in [1.54, 1.807) is 0 Å². The van der Waals surface area contributed by atoms with Crippen LogP contribution < -0.4 is 0 Å². The van der Waals surface area contributed by atoms with Gasteiger partial charge in [0.05, 0.1) is 0 Å². The van der Waals surface area contributed by atoms with Gasteiger partial charge in [-0.25, -0.2) is 4.98 Å². The first-order valence-corrected chi connectivity index (χ1v) is 10.6. The van der Waals surface area contributed by atoms with Crippen LogP contribution in [-0.2, 0) is 0 Å². The fourth-order valence-corrected chi connectivity index (χ4v) is 4.22. The summed E-state index contributed by atoms with van der Waals surface area (Å²) in [7, 11) is 0. The Hall–Kier alpha value is -4.37. The molecule has 0 N–H and O–H groups in total. The predicted molar refractivity (Wildman–Crippen MR) is 128 cm³/mol. The first kappa shape index (κ1) is 18.4. The van der Waals surface area contributed by atoms with Gasteiger partial charge in [0.25, 0.3) is 0 Å². The van der Waals surface area contributed by atoms with E-state index < -0.39 is 0 Å². The van der Waals surface area contributed by atoms with Crippen LogP contribution in [-0.4, -0.2) is 4.98 Å². The van der Waals surface area contributed by atoms with Gasteiger partial charge in [-0.05, 0) is 11.1 Å². The number of rotatable bonds is 4. The van der Waals surface area contributed by atoms with Crippen molar-refractivity contribution in [3.8, 4) is 45.2 Å². The lowest BCUT2D eigenvalue weighted by molar-refractivity contribution is 0.529. The Kier molecular flexibility index (Phi) is 4.43. The van der Waals surface area contributed by atoms with Crippen LogP contribution in [0.15, 0.2) is 124 Å². The van der Waals surface area contributed by atoms with E-state index in [9.17, 15) is 0 Å². The highest BCUT2D eigenvalue weighted by Gasteiger charge is 2.23. The van der Waals surface area contributed by atoms with Gasteiger partial charge in [0.15, 0.2) is 17.9 Å². The molecule has 0 unspecified atom stereocenters. The molecule has 0 atom stereocenters. The molecule has 0 aliphatic heterocycles. The minimum absolute atomic E-state index is 0.635. The molecule has 6 rings (SSSR count). The molecule has 2 aromatic heterocycles. The molecule has 4 aromatic carbocycles. The second-order valence-electron chi connectivity index (χ2n) is 7.61. The molecule has 0 aliphatic carbocycles. The summed E-state index contributed by atoms with van der Waals surface area (Å²) in [6, 6.07) is 37.0. The molecule has 0 amide bonds. The maximum Gasteiger partial charge on any atom is 0.198 e. The van der Waals surface area contributed by atoms with E-state index in [4.69, 9.17) is 8.83 Å². The highest BCUT2D eigenvalue weighted by molar-refractivity contribution is 6.05. The number of aromatic nitrogens is 1. The third kappa shape index (κ3) is 3.03. The molecule has 152 valence electrons. The van der Waals surface area contributed by atoms with Crippen molar-refractivity contribution in [3.05, 3.63) is 116 Å². The molecule has 6 aromatic rings. The lowest BCUT2D eigenvalue weighted by Gasteiger charge is -2.08. The zero-order chi connectivity index (χ0) is 21.3. The Bertz CT molecular complexity index is 1510. The summed E-state index contributed by atoms with van der Waals surface area (Å²) in [6.45, 7) is 0. The first-order valence-electron chi connectivity index (χ1n) is 10.6. The minimum atomic E-state index is 0.635. The van der Waals surface area contributed by atoms with Gasteiger partial charge >= 0.3 is 0 Å². The van der Waals surface area contributed by atoms with Crippen LogP contribution in [0.5, 0.6) is 0 Å². The Labute approximate surface area is 185 Å². The number of benzene rings is 4. The van der Waals surface area contributed by atoms with E-state index in [-0.39, 0.29) is 0 Å². The van der Waals surface area contributed by atoms with E-state index in [1.807, 2.05) is 54.6 Å². The first-order chi connectivity index (χ1) is 15.9. The highest BCUT2D eigenvalue weighted by atomic mass is 16.4. The molecule has 0 saturated heterocycles. The summed E-state index contributed by atoms with van der Waals surface area (Å²) >= 11 is 0. The number of hydrogen-bond donors (Lipinski definition) is 0. The van der Waals surface area contributed by atoms with Gasteiger partial charge in [-0.15, -0.1) is 0 Å². The monoisotopic (exact) mass is 413 g/mol. The lowest BCUT2D eigenvalue weighted by atomic mass is 9.96. The van der Waals surface area contributed by atoms with Gasteiger partial charge in [-0.2, -0.15) is 0 Å². The fraction of sp³-hybridized carbons (Fsp3) is 0. The quantitative estimate of drug-likeness (QED) is 0.293. The van der Waals surface area contributed by atoms with Crippen LogP contribution in [0.25, 0.3) is 56.0 Å². The minimum Gasteiger partial charge on any atom is -0.451 e. The molecule has 0 saturated carbocycles. The SMILES string of the molecule is c1ccc(-c2ccccc2-c2oc(-c3ocnc3-c3ccccc3)c3ccccc23)cc1. The normalized spacial score (nSPS) is 11.1. The lowest BCUT2D eigenvalue weighted by Crippen LogP contribution is -1.83. The van der Waals surface area contributed by atoms with Crippen molar-refractivity contribution in [3.63, 3.8) is 0 Å². The number of nitrogens with zero attached hydrogens (tertiary/aromatic N) is 1. The summed E-state index contributed by atoms with van der Waals surface area (Å²) in [5.74, 6) is 2.15. The zero-order valence-corrected chi connectivity index (χ0v) is 17.2. The van der Waals surface area contributed by atoms with Crippen LogP contribution in [0.2, 0.25) is 0 Å². The van der Waals surface area contributed by atoms with Crippen molar-refractivity contribution in [1.29, 1.82) is 0 Å². The summed E-state index contributed by atoms with van der Waals surface area (Å²) < 4.78 is 12.5. The van der Waals surface area contributed by atoms with Gasteiger partial charge in [0, 0.05) is 21.9 Å². The summed E-state index contributed by atoms with van der Waals surface area (Å²) in [4.78, 5) is 4.49. The summed E-state index contributed by atoms with van der Waals surface area (Å²) in [5, 5.41) is 2.04. The van der Waals surface area contributed by atoms with Gasteiger partial charge < -0.3 is 8.83 Å². The van der Waals surface area contributed by atoms with Gasteiger partial charge in [-0.1, -0.05) is 109 Å². The van der Waals surface area contributed by atoms with E-state index in [1.165, 1.54) is 6.39 Å². The Balaban J connectivity index is 1.60. The number of fused-ring (bicyclic) bond motifs is 1. The maximum atomic E-state index is 6.59. The average molecular weight is 413 g/mol. The topological polar surface area (TPSA) is 39.2 Å². The summed E-state index contributed by atoms with van der Waals surface area (Å²) in [5.41, 5.74) is 5.08. The molecule has 0 fully saturated rings. The van der Waals surface area contributed by atoms with E-state index in [0.29, 0.717) is 11.5 Å². The van der Waals surface area contributed by atoms with Crippen LogP contribution in [0.3, 0.4) is 0 Å². The molecule has 0 radical (unpaired) electrons. The van der Waals surface area contributed by atoms with Crippen LogP contribution >= 0.6 is 0 Å². The van der Waals surface area contributed by atoms with Gasteiger partial charge in [0.1, 0.15) is 11.5 Å². The van der Waals surface area contributed by atoms with E-state index >= 15 is 0 Å². The molecule has 32 heavy (non-hydrogen) atoms. The van der Waals surface area contributed by atoms with Crippen molar-refractivity contribution < 1.29 is 8.83 Å². The van der Waals surface area contributed by atoms with Gasteiger partial charge in [0.2, 0.25) is 0 Å². The molecule has 2 heterocycles. The zero-order valence-electron chi connectivity index (χ0n) is 17.2. The second kappa shape index (κ2) is 7.71. The second-order valence-corrected chi connectivity index (χ2v) is 7.61. The van der Waals surface area contributed by atoms with Crippen LogP contribution in [0.4, 0.5) is 0 Å². The molecule has 0 bridgehead atoms. The van der Waals surface area contributed by atoms with Crippen LogP contribution in [0.1, 0.15) is 0 Å². The van der Waals surface area contributed by atoms with Crippen molar-refractivity contribution in [2.24, 2.45) is 0 Å². The van der Waals surface area contributed by atoms with Crippen molar-refractivity contribution >= 4 is 10.8 Å². The molecule has 3 heteroatoms. The molecular formula is C29H19NO2. The third-order valence-electron chi connectivity index (χ3n) is 5.70. The number of hydrogen-bond acceptors (Lipinski definition) is 3. The highest BCUT2D eigenvalue weighted by Crippen LogP contribution is 2.44. The molecular weight excluding hydrogens is 394 g/mol.